The Morgan fingerprint density at radius 1 is 1.69 bits per heavy atom. The van der Waals surface area contributed by atoms with E-state index in [-0.39, 0.29) is 0 Å². The van der Waals surface area contributed by atoms with Crippen LogP contribution in [0.15, 0.2) is 12.3 Å². The normalized spacial score (nSPS) is 8.77. The summed E-state index contributed by atoms with van der Waals surface area (Å²) in [5, 5.41) is 0. The molecule has 0 saturated heterocycles. The van der Waals surface area contributed by atoms with E-state index in [1.54, 1.807) is 12.3 Å². The molecule has 0 aliphatic carbocycles. The minimum absolute atomic E-state index is 0.427. The van der Waals surface area contributed by atoms with Crippen molar-refractivity contribution in [1.29, 1.82) is 0 Å². The van der Waals surface area contributed by atoms with Gasteiger partial charge in [0.1, 0.15) is 0 Å². The zero-order valence-electron chi connectivity index (χ0n) is 7.24. The summed E-state index contributed by atoms with van der Waals surface area (Å²) < 4.78 is 4.91. The summed E-state index contributed by atoms with van der Waals surface area (Å²) in [7, 11) is 1.53. The smallest absolute Gasteiger partial charge is 0.236 e. The van der Waals surface area contributed by atoms with Gasteiger partial charge in [0.05, 0.1) is 18.6 Å². The molecule has 0 spiro atoms. The first kappa shape index (κ1) is 9.75. The quantitative estimate of drug-likeness (QED) is 0.517. The van der Waals surface area contributed by atoms with E-state index in [1.807, 2.05) is 0 Å². The topological polar surface area (TPSA) is 48.1 Å². The molecule has 1 rings (SSSR count). The molecule has 4 heteroatoms. The van der Waals surface area contributed by atoms with Gasteiger partial charge in [-0.3, -0.25) is 0 Å². The zero-order valence-corrected chi connectivity index (χ0v) is 8.14. The van der Waals surface area contributed by atoms with Gasteiger partial charge in [-0.15, -0.1) is 0 Å². The minimum Gasteiger partial charge on any atom is -0.480 e. The minimum atomic E-state index is 0.427. The lowest BCUT2D eigenvalue weighted by Gasteiger charge is -2.01. The number of nitrogens with zero attached hydrogens (tertiary/aromatic N) is 1. The Kier molecular flexibility index (Phi) is 3.47. The van der Waals surface area contributed by atoms with Crippen LogP contribution in [-0.2, 0) is 0 Å². The van der Waals surface area contributed by atoms with E-state index in [4.69, 9.17) is 10.5 Å². The van der Waals surface area contributed by atoms with Gasteiger partial charge >= 0.3 is 0 Å². The van der Waals surface area contributed by atoms with E-state index in [0.29, 0.717) is 17.3 Å². The van der Waals surface area contributed by atoms with Crippen LogP contribution in [0.1, 0.15) is 5.56 Å². The lowest BCUT2D eigenvalue weighted by atomic mass is 10.2. The van der Waals surface area contributed by atoms with Crippen LogP contribution in [0.3, 0.4) is 0 Å². The van der Waals surface area contributed by atoms with Crippen LogP contribution in [-0.4, -0.2) is 17.8 Å². The van der Waals surface area contributed by atoms with Crippen LogP contribution in [0.25, 0.3) is 0 Å². The predicted molar refractivity (Wildman–Crippen MR) is 55.9 cm³/mol. The Balaban J connectivity index is 2.96. The SMILES string of the molecule is COc1ncc(C#CCS)cc1N. The highest BCUT2D eigenvalue weighted by Gasteiger charge is 1.99. The molecule has 0 aliphatic rings. The number of hydrogen-bond acceptors (Lipinski definition) is 4. The fourth-order valence-electron chi connectivity index (χ4n) is 0.850. The molecular formula is C9H10N2OS. The molecule has 0 unspecified atom stereocenters. The second-order valence-corrected chi connectivity index (χ2v) is 2.60. The van der Waals surface area contributed by atoms with Crippen molar-refractivity contribution in [3.8, 4) is 17.7 Å². The van der Waals surface area contributed by atoms with Gasteiger partial charge in [0.25, 0.3) is 0 Å². The van der Waals surface area contributed by atoms with E-state index < -0.39 is 0 Å². The lowest BCUT2D eigenvalue weighted by molar-refractivity contribution is 0.400. The number of nitrogen functional groups attached to an aromatic ring is 1. The molecule has 0 aromatic carbocycles. The predicted octanol–water partition coefficient (Wildman–Crippen LogP) is 0.954. The van der Waals surface area contributed by atoms with Crippen molar-refractivity contribution in [2.75, 3.05) is 18.6 Å². The number of rotatable bonds is 1. The molecule has 0 amide bonds. The molecule has 2 N–H and O–H groups in total. The number of ether oxygens (including phenoxy) is 1. The maximum Gasteiger partial charge on any atom is 0.236 e. The summed E-state index contributed by atoms with van der Waals surface area (Å²) in [5.74, 6) is 6.62. The average molecular weight is 194 g/mol. The molecule has 0 radical (unpaired) electrons. The Labute approximate surface area is 82.7 Å². The molecule has 1 aromatic heterocycles. The highest BCUT2D eigenvalue weighted by atomic mass is 32.1. The number of aromatic nitrogens is 1. The molecule has 0 saturated carbocycles. The fourth-order valence-corrected chi connectivity index (χ4v) is 0.929. The molecule has 68 valence electrons. The Hall–Kier alpha value is -1.34. The van der Waals surface area contributed by atoms with Gasteiger partial charge in [0.15, 0.2) is 0 Å². The number of anilines is 1. The monoisotopic (exact) mass is 194 g/mol. The number of thiol groups is 1. The largest absolute Gasteiger partial charge is 0.480 e. The second kappa shape index (κ2) is 4.63. The highest BCUT2D eigenvalue weighted by Crippen LogP contribution is 2.17. The first-order chi connectivity index (χ1) is 6.27. The van der Waals surface area contributed by atoms with Crippen molar-refractivity contribution in [2.24, 2.45) is 0 Å². The van der Waals surface area contributed by atoms with Crippen LogP contribution in [0.5, 0.6) is 5.88 Å². The summed E-state index contributed by atoms with van der Waals surface area (Å²) in [5.41, 5.74) is 6.89. The molecule has 1 aromatic rings. The average Bonchev–Trinajstić information content (AvgIpc) is 2.15. The van der Waals surface area contributed by atoms with E-state index >= 15 is 0 Å². The third kappa shape index (κ3) is 2.56. The van der Waals surface area contributed by atoms with Gasteiger partial charge in [-0.2, -0.15) is 12.6 Å². The molecular weight excluding hydrogens is 184 g/mol. The first-order valence-electron chi connectivity index (χ1n) is 3.67. The number of methoxy groups -OCH3 is 1. The summed E-state index contributed by atoms with van der Waals surface area (Å²) in [6.45, 7) is 0. The van der Waals surface area contributed by atoms with Crippen LogP contribution >= 0.6 is 12.6 Å². The molecule has 0 aliphatic heterocycles. The van der Waals surface area contributed by atoms with Crippen molar-refractivity contribution in [2.45, 2.75) is 0 Å². The summed E-state index contributed by atoms with van der Waals surface area (Å²) in [6, 6.07) is 1.72. The maximum absolute atomic E-state index is 5.63. The number of nitrogens with two attached hydrogens (primary N) is 1. The third-order valence-corrected chi connectivity index (χ3v) is 1.54. The van der Waals surface area contributed by atoms with Gasteiger partial charge in [-0.05, 0) is 6.07 Å². The van der Waals surface area contributed by atoms with Crippen LogP contribution < -0.4 is 10.5 Å². The van der Waals surface area contributed by atoms with Crippen molar-refractivity contribution in [1.82, 2.24) is 4.98 Å². The summed E-state index contributed by atoms with van der Waals surface area (Å²) in [4.78, 5) is 3.97. The maximum atomic E-state index is 5.63. The van der Waals surface area contributed by atoms with Gasteiger partial charge in [0, 0.05) is 11.8 Å². The standard InChI is InChI=1S/C9H10N2OS/c1-12-9-8(10)5-7(6-11-9)3-2-4-13/h5-6,13H,4,10H2,1H3. The van der Waals surface area contributed by atoms with Crippen molar-refractivity contribution < 1.29 is 4.74 Å². The van der Waals surface area contributed by atoms with Gasteiger partial charge in [0.2, 0.25) is 5.88 Å². The van der Waals surface area contributed by atoms with Crippen LogP contribution in [0.4, 0.5) is 5.69 Å². The Morgan fingerprint density at radius 2 is 2.46 bits per heavy atom. The van der Waals surface area contributed by atoms with Crippen LogP contribution in [0, 0.1) is 11.8 Å². The van der Waals surface area contributed by atoms with Crippen molar-refractivity contribution >= 4 is 18.3 Å². The molecule has 0 bridgehead atoms. The molecule has 0 fully saturated rings. The molecule has 1 heterocycles. The van der Waals surface area contributed by atoms with E-state index in [9.17, 15) is 0 Å². The van der Waals surface area contributed by atoms with E-state index in [2.05, 4.69) is 29.5 Å². The Morgan fingerprint density at radius 3 is 3.00 bits per heavy atom. The van der Waals surface area contributed by atoms with E-state index in [1.165, 1.54) is 7.11 Å². The summed E-state index contributed by atoms with van der Waals surface area (Å²) >= 11 is 3.97. The van der Waals surface area contributed by atoms with Gasteiger partial charge in [-0.25, -0.2) is 4.98 Å². The molecule has 13 heavy (non-hydrogen) atoms. The number of pyridine rings is 1. The highest BCUT2D eigenvalue weighted by molar-refractivity contribution is 7.80. The summed E-state index contributed by atoms with van der Waals surface area (Å²) in [6.07, 6.45) is 1.62. The van der Waals surface area contributed by atoms with Crippen molar-refractivity contribution in [3.63, 3.8) is 0 Å². The first-order valence-corrected chi connectivity index (χ1v) is 4.30. The molecule has 3 nitrogen and oxygen atoms in total. The van der Waals surface area contributed by atoms with E-state index in [0.717, 1.165) is 5.56 Å². The fraction of sp³-hybridized carbons (Fsp3) is 0.222. The zero-order chi connectivity index (χ0) is 9.68. The number of hydrogen-bond donors (Lipinski definition) is 2. The lowest BCUT2D eigenvalue weighted by Crippen LogP contribution is -1.95. The van der Waals surface area contributed by atoms with Crippen LogP contribution in [0.2, 0.25) is 0 Å². The third-order valence-electron chi connectivity index (χ3n) is 1.38. The van der Waals surface area contributed by atoms with Crippen molar-refractivity contribution in [3.05, 3.63) is 17.8 Å². The molecule has 0 atom stereocenters. The second-order valence-electron chi connectivity index (χ2n) is 2.28. The van der Waals surface area contributed by atoms with Gasteiger partial charge in [-0.1, -0.05) is 11.8 Å². The van der Waals surface area contributed by atoms with Gasteiger partial charge < -0.3 is 10.5 Å². The Bertz CT molecular complexity index is 354.